The highest BCUT2D eigenvalue weighted by Crippen LogP contribution is 2.23. The molecule has 0 aliphatic heterocycles. The number of hydrogen-bond donors (Lipinski definition) is 2. The summed E-state index contributed by atoms with van der Waals surface area (Å²) in [6, 6.07) is 7.61. The summed E-state index contributed by atoms with van der Waals surface area (Å²) in [6.07, 6.45) is 0. The highest BCUT2D eigenvalue weighted by Gasteiger charge is 2.12. The van der Waals surface area contributed by atoms with Gasteiger partial charge in [0.05, 0.1) is 5.56 Å². The van der Waals surface area contributed by atoms with Crippen LogP contribution in [0.1, 0.15) is 10.4 Å². The zero-order valence-corrected chi connectivity index (χ0v) is 11.2. The molecule has 1 amide bonds. The molecule has 7 heteroatoms. The molecule has 2 aromatic rings. The van der Waals surface area contributed by atoms with Gasteiger partial charge >= 0.3 is 0 Å². The molecular weight excluding hydrogens is 321 g/mol. The van der Waals surface area contributed by atoms with E-state index in [9.17, 15) is 9.90 Å². The average Bonchev–Trinajstić information content (AvgIpc) is 2.32. The van der Waals surface area contributed by atoms with Gasteiger partial charge in [-0.1, -0.05) is 27.5 Å². The summed E-state index contributed by atoms with van der Waals surface area (Å²) in [7, 11) is 0. The monoisotopic (exact) mass is 327 g/mol. The van der Waals surface area contributed by atoms with E-state index in [4.69, 9.17) is 11.6 Å². The topological polar surface area (TPSA) is 75.1 Å². The van der Waals surface area contributed by atoms with E-state index in [1.54, 1.807) is 6.07 Å². The maximum absolute atomic E-state index is 11.8. The lowest BCUT2D eigenvalue weighted by Gasteiger charge is -2.05. The van der Waals surface area contributed by atoms with Gasteiger partial charge in [-0.05, 0) is 30.3 Å². The molecule has 0 aliphatic rings. The molecule has 18 heavy (non-hydrogen) atoms. The molecule has 0 atom stereocenters. The van der Waals surface area contributed by atoms with Crippen molar-refractivity contribution in [3.05, 3.63) is 45.5 Å². The number of hydrogen-bond acceptors (Lipinski definition) is 4. The quantitative estimate of drug-likeness (QED) is 0.889. The Morgan fingerprint density at radius 2 is 2.06 bits per heavy atom. The highest BCUT2D eigenvalue weighted by molar-refractivity contribution is 9.10. The molecule has 1 heterocycles. The van der Waals surface area contributed by atoms with Crippen LogP contribution in [0.4, 0.5) is 5.82 Å². The average molecular weight is 329 g/mol. The van der Waals surface area contributed by atoms with Crippen LogP contribution in [-0.4, -0.2) is 21.2 Å². The van der Waals surface area contributed by atoms with E-state index in [2.05, 4.69) is 31.4 Å². The first-order valence-electron chi connectivity index (χ1n) is 4.85. The number of nitrogens with zero attached hydrogens (tertiary/aromatic N) is 2. The number of carbonyl (C=O) groups excluding carboxylic acids is 1. The van der Waals surface area contributed by atoms with Crippen LogP contribution in [0.5, 0.6) is 5.75 Å². The Hall–Kier alpha value is -1.66. The summed E-state index contributed by atoms with van der Waals surface area (Å²) < 4.78 is 0.683. The smallest absolute Gasteiger partial charge is 0.260 e. The third kappa shape index (κ3) is 2.96. The van der Waals surface area contributed by atoms with Gasteiger partial charge in [0, 0.05) is 4.47 Å². The van der Waals surface area contributed by atoms with Crippen molar-refractivity contribution in [1.82, 2.24) is 10.2 Å². The fourth-order valence-corrected chi connectivity index (χ4v) is 1.71. The van der Waals surface area contributed by atoms with Crippen LogP contribution in [0, 0.1) is 0 Å². The molecule has 1 aromatic heterocycles. The van der Waals surface area contributed by atoms with Crippen LogP contribution < -0.4 is 5.32 Å². The minimum absolute atomic E-state index is 0.121. The molecule has 1 aromatic carbocycles. The Morgan fingerprint density at radius 3 is 2.67 bits per heavy atom. The number of aromatic hydroxyl groups is 1. The fourth-order valence-electron chi connectivity index (χ4n) is 1.26. The number of carbonyl (C=O) groups is 1. The van der Waals surface area contributed by atoms with Crippen molar-refractivity contribution in [2.75, 3.05) is 5.32 Å². The van der Waals surface area contributed by atoms with Gasteiger partial charge in [-0.25, -0.2) is 0 Å². The SMILES string of the molecule is O=C(Nc1ccc(Cl)nn1)c1ccc(Br)cc1O. The summed E-state index contributed by atoms with van der Waals surface area (Å²) in [4.78, 5) is 11.8. The summed E-state index contributed by atoms with van der Waals surface area (Å²) >= 11 is 8.77. The first kappa shape index (κ1) is 12.8. The van der Waals surface area contributed by atoms with Crippen LogP contribution in [0.15, 0.2) is 34.8 Å². The van der Waals surface area contributed by atoms with Crippen LogP contribution in [0.3, 0.4) is 0 Å². The number of phenolic OH excluding ortho intramolecular Hbond substituents is 1. The zero-order chi connectivity index (χ0) is 13.1. The van der Waals surface area contributed by atoms with E-state index in [-0.39, 0.29) is 22.3 Å². The Balaban J connectivity index is 2.19. The number of rotatable bonds is 2. The molecule has 2 N–H and O–H groups in total. The molecule has 0 saturated heterocycles. The lowest BCUT2D eigenvalue weighted by molar-refractivity contribution is 0.102. The van der Waals surface area contributed by atoms with Crippen LogP contribution >= 0.6 is 27.5 Å². The summed E-state index contributed by atoms with van der Waals surface area (Å²) in [6.45, 7) is 0. The molecule has 5 nitrogen and oxygen atoms in total. The second-order valence-corrected chi connectivity index (χ2v) is 4.66. The van der Waals surface area contributed by atoms with E-state index >= 15 is 0 Å². The second-order valence-electron chi connectivity index (χ2n) is 3.36. The Morgan fingerprint density at radius 1 is 1.28 bits per heavy atom. The molecule has 0 saturated carbocycles. The summed E-state index contributed by atoms with van der Waals surface area (Å²) in [5.41, 5.74) is 0.148. The predicted molar refractivity (Wildman–Crippen MR) is 70.8 cm³/mol. The molecule has 0 aliphatic carbocycles. The molecular formula is C11H7BrClN3O2. The lowest BCUT2D eigenvalue weighted by atomic mass is 10.2. The molecule has 92 valence electrons. The lowest BCUT2D eigenvalue weighted by Crippen LogP contribution is -2.13. The third-order valence-corrected chi connectivity index (χ3v) is 2.77. The highest BCUT2D eigenvalue weighted by atomic mass is 79.9. The van der Waals surface area contributed by atoms with Crippen molar-refractivity contribution in [1.29, 1.82) is 0 Å². The van der Waals surface area contributed by atoms with Gasteiger partial charge in [-0.2, -0.15) is 0 Å². The summed E-state index contributed by atoms with van der Waals surface area (Å²) in [5, 5.41) is 19.7. The van der Waals surface area contributed by atoms with Gasteiger partial charge in [-0.15, -0.1) is 10.2 Å². The number of halogens is 2. The number of aromatic nitrogens is 2. The molecule has 0 bridgehead atoms. The van der Waals surface area contributed by atoms with E-state index in [0.717, 1.165) is 0 Å². The molecule has 0 spiro atoms. The third-order valence-electron chi connectivity index (χ3n) is 2.08. The van der Waals surface area contributed by atoms with E-state index < -0.39 is 5.91 Å². The number of phenols is 1. The largest absolute Gasteiger partial charge is 0.507 e. The number of anilines is 1. The van der Waals surface area contributed by atoms with Gasteiger partial charge < -0.3 is 10.4 Å². The Labute approximate surface area is 116 Å². The van der Waals surface area contributed by atoms with E-state index in [1.807, 2.05) is 0 Å². The van der Waals surface area contributed by atoms with Gasteiger partial charge in [0.1, 0.15) is 5.75 Å². The minimum atomic E-state index is -0.475. The van der Waals surface area contributed by atoms with Gasteiger partial charge in [0.15, 0.2) is 11.0 Å². The first-order chi connectivity index (χ1) is 8.56. The normalized spacial score (nSPS) is 10.1. The van der Waals surface area contributed by atoms with Crippen molar-refractivity contribution >= 4 is 39.3 Å². The van der Waals surface area contributed by atoms with Crippen LogP contribution in [0.2, 0.25) is 5.15 Å². The van der Waals surface area contributed by atoms with Crippen molar-refractivity contribution in [2.24, 2.45) is 0 Å². The van der Waals surface area contributed by atoms with Crippen molar-refractivity contribution in [3.63, 3.8) is 0 Å². The standard InChI is InChI=1S/C11H7BrClN3O2/c12-6-1-2-7(8(17)5-6)11(18)14-10-4-3-9(13)15-16-10/h1-5,17H,(H,14,16,18). The number of amides is 1. The predicted octanol–water partition coefficient (Wildman–Crippen LogP) is 2.85. The van der Waals surface area contributed by atoms with Crippen molar-refractivity contribution in [2.45, 2.75) is 0 Å². The van der Waals surface area contributed by atoms with E-state index in [1.165, 1.54) is 24.3 Å². The van der Waals surface area contributed by atoms with Crippen LogP contribution in [-0.2, 0) is 0 Å². The second kappa shape index (κ2) is 5.32. The summed E-state index contributed by atoms with van der Waals surface area (Å²) in [5.74, 6) is -0.341. The molecule has 0 radical (unpaired) electrons. The Bertz CT molecular complexity index is 589. The number of nitrogens with one attached hydrogen (secondary N) is 1. The molecule has 2 rings (SSSR count). The Kier molecular flexibility index (Phi) is 3.78. The van der Waals surface area contributed by atoms with Gasteiger partial charge in [-0.3, -0.25) is 4.79 Å². The van der Waals surface area contributed by atoms with Crippen LogP contribution in [0.25, 0.3) is 0 Å². The van der Waals surface area contributed by atoms with Gasteiger partial charge in [0.2, 0.25) is 0 Å². The van der Waals surface area contributed by atoms with E-state index in [0.29, 0.717) is 4.47 Å². The van der Waals surface area contributed by atoms with Crippen molar-refractivity contribution in [3.8, 4) is 5.75 Å². The molecule has 0 unspecified atom stereocenters. The first-order valence-corrected chi connectivity index (χ1v) is 6.02. The fraction of sp³-hybridized carbons (Fsp3) is 0. The maximum Gasteiger partial charge on any atom is 0.260 e. The number of benzene rings is 1. The maximum atomic E-state index is 11.8. The zero-order valence-electron chi connectivity index (χ0n) is 8.89. The van der Waals surface area contributed by atoms with Gasteiger partial charge in [0.25, 0.3) is 5.91 Å². The van der Waals surface area contributed by atoms with Crippen molar-refractivity contribution < 1.29 is 9.90 Å². The molecule has 0 fully saturated rings. The minimum Gasteiger partial charge on any atom is -0.507 e.